The second-order valence-corrected chi connectivity index (χ2v) is 7.40. The molecule has 0 aliphatic rings. The van der Waals surface area contributed by atoms with Crippen LogP contribution in [0.2, 0.25) is 0 Å². The highest BCUT2D eigenvalue weighted by molar-refractivity contribution is 5.22. The van der Waals surface area contributed by atoms with Crippen molar-refractivity contribution < 1.29 is 0 Å². The van der Waals surface area contributed by atoms with Crippen LogP contribution >= 0.6 is 0 Å². The van der Waals surface area contributed by atoms with Crippen molar-refractivity contribution in [3.05, 3.63) is 35.4 Å². The summed E-state index contributed by atoms with van der Waals surface area (Å²) in [5, 5.41) is 3.45. The maximum atomic E-state index is 3.45. The Balaban J connectivity index is 2.38. The van der Waals surface area contributed by atoms with E-state index in [0.29, 0.717) is 11.5 Å². The third-order valence-electron chi connectivity index (χ3n) is 3.26. The van der Waals surface area contributed by atoms with Gasteiger partial charge in [-0.3, -0.25) is 0 Å². The van der Waals surface area contributed by atoms with Gasteiger partial charge in [-0.1, -0.05) is 58.9 Å². The minimum Gasteiger partial charge on any atom is -0.310 e. The topological polar surface area (TPSA) is 15.3 Å². The highest BCUT2D eigenvalue weighted by atomic mass is 15.1. The molecule has 0 aliphatic heterocycles. The van der Waals surface area contributed by atoms with Gasteiger partial charge in [0.15, 0.2) is 0 Å². The molecule has 0 aliphatic carbocycles. The molecule has 20 heavy (non-hydrogen) atoms. The molecule has 1 rings (SSSR count). The Kier molecular flexibility index (Phi) is 6.70. The van der Waals surface area contributed by atoms with Crippen LogP contribution in [0.25, 0.3) is 0 Å². The van der Waals surface area contributed by atoms with Crippen LogP contribution < -0.4 is 5.32 Å². The van der Waals surface area contributed by atoms with Gasteiger partial charge in [0.2, 0.25) is 0 Å². The fourth-order valence-electron chi connectivity index (χ4n) is 2.35. The fourth-order valence-corrected chi connectivity index (χ4v) is 2.35. The van der Waals surface area contributed by atoms with Gasteiger partial charge in [-0.15, -0.1) is 0 Å². The molecular weight excluding hydrogens is 244 g/mol. The van der Waals surface area contributed by atoms with Crippen molar-refractivity contribution in [1.29, 1.82) is 0 Å². The predicted molar refractivity (Wildman–Crippen MR) is 89.1 cm³/mol. The molecule has 0 amide bonds. The van der Waals surface area contributed by atoms with Crippen molar-refractivity contribution in [2.75, 3.05) is 20.1 Å². The largest absolute Gasteiger partial charge is 0.310 e. The van der Waals surface area contributed by atoms with Crippen molar-refractivity contribution in [2.45, 2.75) is 53.6 Å². The summed E-state index contributed by atoms with van der Waals surface area (Å²) < 4.78 is 0. The van der Waals surface area contributed by atoms with Gasteiger partial charge in [-0.05, 0) is 30.0 Å². The molecular formula is C18H32N2. The smallest absolute Gasteiger partial charge is 0.0207 e. The third kappa shape index (κ3) is 7.66. The van der Waals surface area contributed by atoms with Gasteiger partial charge in [-0.2, -0.15) is 0 Å². The minimum atomic E-state index is 0.376. The lowest BCUT2D eigenvalue weighted by Crippen LogP contribution is -2.30. The zero-order chi connectivity index (χ0) is 15.2. The van der Waals surface area contributed by atoms with Crippen LogP contribution in [0.4, 0.5) is 0 Å². The average Bonchev–Trinajstić information content (AvgIpc) is 2.33. The third-order valence-corrected chi connectivity index (χ3v) is 3.26. The van der Waals surface area contributed by atoms with Crippen molar-refractivity contribution in [3.63, 3.8) is 0 Å². The summed E-state index contributed by atoms with van der Waals surface area (Å²) in [6.07, 6.45) is 1.13. The second kappa shape index (κ2) is 7.80. The lowest BCUT2D eigenvalue weighted by Gasteiger charge is -2.26. The summed E-state index contributed by atoms with van der Waals surface area (Å²) in [7, 11) is 2.21. The van der Waals surface area contributed by atoms with E-state index in [9.17, 15) is 0 Å². The Morgan fingerprint density at radius 1 is 1.05 bits per heavy atom. The monoisotopic (exact) mass is 276 g/mol. The quantitative estimate of drug-likeness (QED) is 0.817. The summed E-state index contributed by atoms with van der Waals surface area (Å²) in [6, 6.07) is 9.56. The van der Waals surface area contributed by atoms with Gasteiger partial charge in [0.1, 0.15) is 0 Å². The van der Waals surface area contributed by atoms with Crippen LogP contribution in [-0.2, 0) is 13.0 Å². The summed E-state index contributed by atoms with van der Waals surface area (Å²) in [5.74, 6) is 0. The first kappa shape index (κ1) is 17.2. The highest BCUT2D eigenvalue weighted by Crippen LogP contribution is 2.14. The van der Waals surface area contributed by atoms with Gasteiger partial charge < -0.3 is 10.2 Å². The molecule has 0 saturated heterocycles. The zero-order valence-electron chi connectivity index (χ0n) is 14.2. The molecule has 0 unspecified atom stereocenters. The van der Waals surface area contributed by atoms with Crippen LogP contribution in [0.3, 0.4) is 0 Å². The molecule has 2 nitrogen and oxygen atoms in total. The predicted octanol–water partition coefficient (Wildman–Crippen LogP) is 3.71. The van der Waals surface area contributed by atoms with E-state index in [-0.39, 0.29) is 0 Å². The normalized spacial score (nSPS) is 12.4. The van der Waals surface area contributed by atoms with Crippen LogP contribution in [0.1, 0.15) is 45.7 Å². The second-order valence-electron chi connectivity index (χ2n) is 7.40. The first-order valence-electron chi connectivity index (χ1n) is 7.76. The van der Waals surface area contributed by atoms with E-state index in [1.54, 1.807) is 0 Å². The Morgan fingerprint density at radius 2 is 1.60 bits per heavy atom. The molecule has 0 atom stereocenters. The van der Waals surface area contributed by atoms with E-state index in [1.807, 2.05) is 0 Å². The summed E-state index contributed by atoms with van der Waals surface area (Å²) in [5.41, 5.74) is 3.17. The molecule has 0 spiro atoms. The number of hydrogen-bond donors (Lipinski definition) is 1. The molecule has 0 fully saturated rings. The maximum absolute atomic E-state index is 3.45. The molecule has 0 bridgehead atoms. The Labute approximate surface area is 125 Å². The summed E-state index contributed by atoms with van der Waals surface area (Å²) in [6.45, 7) is 14.5. The van der Waals surface area contributed by atoms with E-state index in [4.69, 9.17) is 0 Å². The SMILES string of the molecule is CC(C)NCc1ccc(CCN(C)CC(C)(C)C)cc1. The standard InChI is InChI=1S/C18H32N2/c1-15(2)19-13-17-9-7-16(8-10-17)11-12-20(6)14-18(3,4)5/h7-10,15,19H,11-14H2,1-6H3. The minimum absolute atomic E-state index is 0.376. The van der Waals surface area contributed by atoms with Crippen molar-refractivity contribution >= 4 is 0 Å². The van der Waals surface area contributed by atoms with Crippen LogP contribution in [0, 0.1) is 5.41 Å². The van der Waals surface area contributed by atoms with E-state index in [0.717, 1.165) is 26.1 Å². The van der Waals surface area contributed by atoms with Crippen molar-refractivity contribution in [3.8, 4) is 0 Å². The van der Waals surface area contributed by atoms with Gasteiger partial charge in [0.05, 0.1) is 0 Å². The lowest BCUT2D eigenvalue weighted by atomic mass is 9.96. The summed E-state index contributed by atoms with van der Waals surface area (Å²) >= 11 is 0. The van der Waals surface area contributed by atoms with Gasteiger partial charge in [0, 0.05) is 25.7 Å². The fraction of sp³-hybridized carbons (Fsp3) is 0.667. The van der Waals surface area contributed by atoms with E-state index >= 15 is 0 Å². The molecule has 0 heterocycles. The van der Waals surface area contributed by atoms with Crippen LogP contribution in [0.5, 0.6) is 0 Å². The van der Waals surface area contributed by atoms with Gasteiger partial charge in [-0.25, -0.2) is 0 Å². The Bertz CT molecular complexity index is 373. The number of benzene rings is 1. The van der Waals surface area contributed by atoms with Crippen LogP contribution in [-0.4, -0.2) is 31.1 Å². The van der Waals surface area contributed by atoms with Gasteiger partial charge in [0.25, 0.3) is 0 Å². The number of likely N-dealkylation sites (N-methyl/N-ethyl adjacent to an activating group) is 1. The van der Waals surface area contributed by atoms with Gasteiger partial charge >= 0.3 is 0 Å². The molecule has 1 aromatic carbocycles. The molecule has 1 N–H and O–H groups in total. The number of nitrogens with zero attached hydrogens (tertiary/aromatic N) is 1. The average molecular weight is 276 g/mol. The van der Waals surface area contributed by atoms with Crippen molar-refractivity contribution in [1.82, 2.24) is 10.2 Å². The first-order chi connectivity index (χ1) is 9.26. The molecule has 2 heteroatoms. The zero-order valence-corrected chi connectivity index (χ0v) is 14.2. The first-order valence-corrected chi connectivity index (χ1v) is 7.76. The molecule has 0 aromatic heterocycles. The molecule has 0 radical (unpaired) electrons. The molecule has 1 aromatic rings. The Hall–Kier alpha value is -0.860. The van der Waals surface area contributed by atoms with E-state index in [2.05, 4.69) is 76.1 Å². The Morgan fingerprint density at radius 3 is 2.10 bits per heavy atom. The van der Waals surface area contributed by atoms with E-state index < -0.39 is 0 Å². The molecule has 114 valence electrons. The van der Waals surface area contributed by atoms with Crippen molar-refractivity contribution in [2.24, 2.45) is 5.41 Å². The lowest BCUT2D eigenvalue weighted by molar-refractivity contribution is 0.229. The van der Waals surface area contributed by atoms with Crippen LogP contribution in [0.15, 0.2) is 24.3 Å². The summed E-state index contributed by atoms with van der Waals surface area (Å²) in [4.78, 5) is 2.42. The number of nitrogens with one attached hydrogen (secondary N) is 1. The highest BCUT2D eigenvalue weighted by Gasteiger charge is 2.13. The number of rotatable bonds is 7. The van der Waals surface area contributed by atoms with E-state index in [1.165, 1.54) is 11.1 Å². The maximum Gasteiger partial charge on any atom is 0.0207 e. The molecule has 0 saturated carbocycles. The number of hydrogen-bond acceptors (Lipinski definition) is 2.